The Morgan fingerprint density at radius 3 is 1.39 bits per heavy atom. The van der Waals surface area contributed by atoms with Crippen LogP contribution in [0.3, 0.4) is 0 Å². The topological polar surface area (TPSA) is 47.9 Å². The molecule has 0 spiro atoms. The van der Waals surface area contributed by atoms with E-state index in [0.29, 0.717) is 12.1 Å². The van der Waals surface area contributed by atoms with Gasteiger partial charge >= 0.3 is 12.4 Å². The Balaban J connectivity index is 2.64. The van der Waals surface area contributed by atoms with Crippen molar-refractivity contribution in [2.75, 3.05) is 21.3 Å². The number of ether oxygens (including phenoxy) is 3. The fraction of sp³-hybridized carbons (Fsp3) is 0.333. The average Bonchev–Trinajstić information content (AvgIpc) is 2.64. The molecule has 0 bridgehead atoms. The van der Waals surface area contributed by atoms with Crippen molar-refractivity contribution < 1.29 is 45.7 Å². The van der Waals surface area contributed by atoms with E-state index in [0.717, 1.165) is 0 Å². The quantitative estimate of drug-likeness (QED) is 0.718. The van der Waals surface area contributed by atoms with E-state index in [1.165, 1.54) is 33.5 Å². The average molecular weight is 410 g/mol. The fourth-order valence-electron chi connectivity index (χ4n) is 2.59. The zero-order valence-corrected chi connectivity index (χ0v) is 14.9. The third kappa shape index (κ3) is 4.44. The molecule has 154 valence electrons. The highest BCUT2D eigenvalue weighted by molar-refractivity contribution is 5.55. The van der Waals surface area contributed by atoms with Crippen LogP contribution in [0.25, 0.3) is 0 Å². The van der Waals surface area contributed by atoms with Crippen LogP contribution in [0, 0.1) is 0 Å². The normalized spacial score (nSPS) is 13.2. The van der Waals surface area contributed by atoms with Crippen LogP contribution in [0.1, 0.15) is 28.4 Å². The maximum atomic E-state index is 13.0. The van der Waals surface area contributed by atoms with E-state index in [4.69, 9.17) is 14.2 Å². The maximum absolute atomic E-state index is 13.0. The summed E-state index contributed by atoms with van der Waals surface area (Å²) in [6.07, 6.45) is -11.9. The summed E-state index contributed by atoms with van der Waals surface area (Å²) in [6, 6.07) is 3.39. The van der Waals surface area contributed by atoms with E-state index >= 15 is 0 Å². The van der Waals surface area contributed by atoms with Crippen LogP contribution in [-0.2, 0) is 12.4 Å². The van der Waals surface area contributed by atoms with Gasteiger partial charge in [0.1, 0.15) is 6.10 Å². The lowest BCUT2D eigenvalue weighted by molar-refractivity contribution is -0.143. The molecule has 0 heterocycles. The molecule has 0 saturated carbocycles. The first kappa shape index (κ1) is 21.7. The van der Waals surface area contributed by atoms with Crippen LogP contribution in [0.4, 0.5) is 26.3 Å². The van der Waals surface area contributed by atoms with Gasteiger partial charge in [0.15, 0.2) is 11.5 Å². The zero-order valence-electron chi connectivity index (χ0n) is 14.9. The van der Waals surface area contributed by atoms with Gasteiger partial charge in [0.2, 0.25) is 5.75 Å². The van der Waals surface area contributed by atoms with Crippen LogP contribution < -0.4 is 14.2 Å². The van der Waals surface area contributed by atoms with Gasteiger partial charge < -0.3 is 19.3 Å². The van der Waals surface area contributed by atoms with Crippen LogP contribution in [-0.4, -0.2) is 26.4 Å². The molecule has 0 aliphatic rings. The summed E-state index contributed by atoms with van der Waals surface area (Å²) in [6.45, 7) is 0. The predicted octanol–water partition coefficient (Wildman–Crippen LogP) is 4.83. The number of halogens is 6. The number of benzene rings is 2. The molecule has 1 atom stereocenters. The van der Waals surface area contributed by atoms with Crippen molar-refractivity contribution in [3.8, 4) is 17.2 Å². The molecule has 1 N–H and O–H groups in total. The molecule has 0 aliphatic heterocycles. The van der Waals surface area contributed by atoms with Gasteiger partial charge in [0, 0.05) is 0 Å². The van der Waals surface area contributed by atoms with Crippen molar-refractivity contribution in [3.63, 3.8) is 0 Å². The molecule has 10 heteroatoms. The first-order chi connectivity index (χ1) is 12.9. The Hall–Kier alpha value is -2.62. The largest absolute Gasteiger partial charge is 0.493 e. The lowest BCUT2D eigenvalue weighted by Crippen LogP contribution is -2.13. The molecule has 0 aromatic heterocycles. The SMILES string of the molecule is COc1cc([C@@H](O)c2cc(C(F)(F)F)cc(C(F)(F)F)c2)cc(OC)c1OC. The fourth-order valence-corrected chi connectivity index (χ4v) is 2.59. The summed E-state index contributed by atoms with van der Waals surface area (Å²) in [4.78, 5) is 0. The molecule has 28 heavy (non-hydrogen) atoms. The minimum atomic E-state index is -5.02. The lowest BCUT2D eigenvalue weighted by atomic mass is 9.96. The van der Waals surface area contributed by atoms with Gasteiger partial charge in [0.05, 0.1) is 32.5 Å². The molecule has 2 rings (SSSR count). The second kappa shape index (κ2) is 7.78. The highest BCUT2D eigenvalue weighted by atomic mass is 19.4. The molecule has 0 fully saturated rings. The molecule has 0 amide bonds. The number of hydrogen-bond donors (Lipinski definition) is 1. The number of methoxy groups -OCH3 is 3. The number of aliphatic hydroxyl groups excluding tert-OH is 1. The Morgan fingerprint density at radius 2 is 1.07 bits per heavy atom. The second-order valence-corrected chi connectivity index (χ2v) is 5.70. The smallest absolute Gasteiger partial charge is 0.416 e. The number of rotatable bonds is 5. The first-order valence-corrected chi connectivity index (χ1v) is 7.69. The lowest BCUT2D eigenvalue weighted by Gasteiger charge is -2.20. The van der Waals surface area contributed by atoms with Crippen molar-refractivity contribution in [1.29, 1.82) is 0 Å². The van der Waals surface area contributed by atoms with E-state index in [1.54, 1.807) is 0 Å². The summed E-state index contributed by atoms with van der Waals surface area (Å²) >= 11 is 0. The number of alkyl halides is 6. The number of aliphatic hydroxyl groups is 1. The van der Waals surface area contributed by atoms with Gasteiger partial charge in [-0.15, -0.1) is 0 Å². The third-order valence-corrected chi connectivity index (χ3v) is 3.93. The Morgan fingerprint density at radius 1 is 0.679 bits per heavy atom. The monoisotopic (exact) mass is 410 g/mol. The van der Waals surface area contributed by atoms with Gasteiger partial charge in [0.25, 0.3) is 0 Å². The molecule has 0 aliphatic carbocycles. The van der Waals surface area contributed by atoms with E-state index in [9.17, 15) is 31.4 Å². The van der Waals surface area contributed by atoms with E-state index in [2.05, 4.69) is 0 Å². The van der Waals surface area contributed by atoms with Crippen molar-refractivity contribution in [3.05, 3.63) is 52.6 Å². The van der Waals surface area contributed by atoms with Gasteiger partial charge in [-0.3, -0.25) is 0 Å². The molecule has 0 radical (unpaired) electrons. The van der Waals surface area contributed by atoms with E-state index < -0.39 is 35.1 Å². The highest BCUT2D eigenvalue weighted by Gasteiger charge is 2.37. The Labute approximate surface area is 156 Å². The summed E-state index contributed by atoms with van der Waals surface area (Å²) < 4.78 is 93.5. The second-order valence-electron chi connectivity index (χ2n) is 5.70. The van der Waals surface area contributed by atoms with Crippen molar-refractivity contribution in [2.45, 2.75) is 18.5 Å². The van der Waals surface area contributed by atoms with Crippen LogP contribution in [0.15, 0.2) is 30.3 Å². The summed E-state index contributed by atoms with van der Waals surface area (Å²) in [5, 5.41) is 10.5. The maximum Gasteiger partial charge on any atom is 0.416 e. The molecule has 0 unspecified atom stereocenters. The zero-order chi connectivity index (χ0) is 21.3. The standard InChI is InChI=1S/C18H16F6O4/c1-26-13-6-10(7-14(27-2)16(13)28-3)15(25)9-4-11(17(19,20)21)8-12(5-9)18(22,23)24/h4-8,15,25H,1-3H3/t15-/m0/s1. The van der Waals surface area contributed by atoms with Crippen molar-refractivity contribution >= 4 is 0 Å². The van der Waals surface area contributed by atoms with Crippen molar-refractivity contribution in [2.24, 2.45) is 0 Å². The summed E-state index contributed by atoms with van der Waals surface area (Å²) in [5.41, 5.74) is -3.67. The van der Waals surface area contributed by atoms with Crippen LogP contribution in [0.2, 0.25) is 0 Å². The summed E-state index contributed by atoms with van der Waals surface area (Å²) in [7, 11) is 3.87. The summed E-state index contributed by atoms with van der Waals surface area (Å²) in [5.74, 6) is 0.318. The highest BCUT2D eigenvalue weighted by Crippen LogP contribution is 2.42. The Bertz CT molecular complexity index is 788. The minimum absolute atomic E-state index is 0.00852. The van der Waals surface area contributed by atoms with Gasteiger partial charge in [-0.1, -0.05) is 0 Å². The van der Waals surface area contributed by atoms with Gasteiger partial charge in [-0.2, -0.15) is 26.3 Å². The Kier molecular flexibility index (Phi) is 6.03. The van der Waals surface area contributed by atoms with E-state index in [-0.39, 0.29) is 28.9 Å². The first-order valence-electron chi connectivity index (χ1n) is 7.69. The molecular formula is C18H16F6O4. The van der Waals surface area contributed by atoms with Crippen molar-refractivity contribution in [1.82, 2.24) is 0 Å². The minimum Gasteiger partial charge on any atom is -0.493 e. The van der Waals surface area contributed by atoms with Crippen LogP contribution >= 0.6 is 0 Å². The predicted molar refractivity (Wildman–Crippen MR) is 86.6 cm³/mol. The molecule has 0 saturated heterocycles. The molecular weight excluding hydrogens is 394 g/mol. The molecule has 4 nitrogen and oxygen atoms in total. The third-order valence-electron chi connectivity index (χ3n) is 3.93. The molecule has 2 aromatic rings. The number of hydrogen-bond acceptors (Lipinski definition) is 4. The van der Waals surface area contributed by atoms with Gasteiger partial charge in [-0.25, -0.2) is 0 Å². The van der Waals surface area contributed by atoms with E-state index in [1.807, 2.05) is 0 Å². The van der Waals surface area contributed by atoms with Crippen LogP contribution in [0.5, 0.6) is 17.2 Å². The molecule has 2 aromatic carbocycles. The van der Waals surface area contributed by atoms with Gasteiger partial charge in [-0.05, 0) is 41.5 Å².